The third-order valence-electron chi connectivity index (χ3n) is 6.43. The first-order valence-corrected chi connectivity index (χ1v) is 12.3. The molecule has 3 N–H and O–H groups in total. The van der Waals surface area contributed by atoms with Crippen LogP contribution in [-0.2, 0) is 6.42 Å². The van der Waals surface area contributed by atoms with E-state index in [1.54, 1.807) is 12.4 Å². The van der Waals surface area contributed by atoms with Crippen LogP contribution in [0.2, 0.25) is 0 Å². The van der Waals surface area contributed by atoms with Crippen molar-refractivity contribution in [1.29, 1.82) is 0 Å². The topological polar surface area (TPSA) is 109 Å². The van der Waals surface area contributed by atoms with Gasteiger partial charge < -0.3 is 20.2 Å². The van der Waals surface area contributed by atoms with E-state index in [1.807, 2.05) is 35.8 Å². The van der Waals surface area contributed by atoms with Gasteiger partial charge in [0.05, 0.1) is 11.0 Å². The number of nitrogens with zero attached hydrogens (tertiary/aromatic N) is 2. The maximum Gasteiger partial charge on any atom is 0.256 e. The number of fused-ring (bicyclic) bond motifs is 1. The highest BCUT2D eigenvalue weighted by molar-refractivity contribution is 5.99. The van der Waals surface area contributed by atoms with E-state index in [-0.39, 0.29) is 17.2 Å². The van der Waals surface area contributed by atoms with E-state index in [0.717, 1.165) is 55.4 Å². The van der Waals surface area contributed by atoms with Crippen LogP contribution in [0, 0.1) is 0 Å². The molecule has 0 saturated heterocycles. The van der Waals surface area contributed by atoms with Crippen LogP contribution in [0.15, 0.2) is 41.5 Å². The third kappa shape index (κ3) is 5.55. The molecule has 3 aromatic rings. The fourth-order valence-electron chi connectivity index (χ4n) is 4.50. The molecule has 1 saturated carbocycles. The van der Waals surface area contributed by atoms with Gasteiger partial charge in [0.2, 0.25) is 5.43 Å². The standard InChI is InChI=1S/C26H33N5O3/c1-2-3-14-27-25(33)19-16-31(18-9-5-4-6-10-18)17-20(24(19)32)26(34)28-15-13-23-29-21-11-7-8-12-22(21)30-23/h7-8,11-12,16-18H,2-6,9-10,13-15H2,1H3,(H,27,33)(H,28,34)(H,29,30). The fourth-order valence-corrected chi connectivity index (χ4v) is 4.50. The number of aromatic amines is 1. The van der Waals surface area contributed by atoms with E-state index in [9.17, 15) is 14.4 Å². The Labute approximate surface area is 199 Å². The Hall–Kier alpha value is -3.42. The number of carbonyl (C=O) groups excluding carboxylic acids is 2. The number of hydrogen-bond donors (Lipinski definition) is 3. The Kier molecular flexibility index (Phi) is 7.77. The van der Waals surface area contributed by atoms with Gasteiger partial charge in [-0.1, -0.05) is 44.7 Å². The van der Waals surface area contributed by atoms with Gasteiger partial charge in [-0.25, -0.2) is 4.98 Å². The third-order valence-corrected chi connectivity index (χ3v) is 6.43. The summed E-state index contributed by atoms with van der Waals surface area (Å²) < 4.78 is 1.91. The first-order chi connectivity index (χ1) is 16.6. The normalized spacial score (nSPS) is 14.3. The number of benzene rings is 1. The Bertz CT molecular complexity index is 1170. The molecule has 2 heterocycles. The van der Waals surface area contributed by atoms with Gasteiger partial charge in [-0.3, -0.25) is 14.4 Å². The quantitative estimate of drug-likeness (QED) is 0.420. The summed E-state index contributed by atoms with van der Waals surface area (Å²) in [5.41, 5.74) is 1.34. The van der Waals surface area contributed by atoms with Crippen molar-refractivity contribution in [3.05, 3.63) is 63.8 Å². The highest BCUT2D eigenvalue weighted by Gasteiger charge is 2.22. The van der Waals surface area contributed by atoms with Crippen molar-refractivity contribution in [2.75, 3.05) is 13.1 Å². The van der Waals surface area contributed by atoms with Gasteiger partial charge in [-0.2, -0.15) is 0 Å². The van der Waals surface area contributed by atoms with Crippen molar-refractivity contribution in [2.24, 2.45) is 0 Å². The number of amides is 2. The molecular weight excluding hydrogens is 430 g/mol. The number of hydrogen-bond acceptors (Lipinski definition) is 4. The molecule has 1 aliphatic rings. The van der Waals surface area contributed by atoms with Crippen molar-refractivity contribution < 1.29 is 9.59 Å². The van der Waals surface area contributed by atoms with Crippen LogP contribution in [0.5, 0.6) is 0 Å². The Balaban J connectivity index is 1.51. The summed E-state index contributed by atoms with van der Waals surface area (Å²) in [6, 6.07) is 7.94. The van der Waals surface area contributed by atoms with Crippen LogP contribution in [-0.4, -0.2) is 39.4 Å². The summed E-state index contributed by atoms with van der Waals surface area (Å²) >= 11 is 0. The number of nitrogens with one attached hydrogen (secondary N) is 3. The predicted molar refractivity (Wildman–Crippen MR) is 132 cm³/mol. The van der Waals surface area contributed by atoms with Gasteiger partial charge in [-0.15, -0.1) is 0 Å². The lowest BCUT2D eigenvalue weighted by Crippen LogP contribution is -2.36. The van der Waals surface area contributed by atoms with Crippen molar-refractivity contribution in [2.45, 2.75) is 64.3 Å². The van der Waals surface area contributed by atoms with Crippen LogP contribution < -0.4 is 16.1 Å². The number of imidazole rings is 1. The number of unbranched alkanes of at least 4 members (excludes halogenated alkanes) is 1. The monoisotopic (exact) mass is 463 g/mol. The molecule has 0 spiro atoms. The van der Waals surface area contributed by atoms with Gasteiger partial charge in [0, 0.05) is 37.9 Å². The highest BCUT2D eigenvalue weighted by Crippen LogP contribution is 2.28. The van der Waals surface area contributed by atoms with Gasteiger partial charge >= 0.3 is 0 Å². The van der Waals surface area contributed by atoms with Gasteiger partial charge in [0.1, 0.15) is 17.0 Å². The second-order valence-corrected chi connectivity index (χ2v) is 8.97. The summed E-state index contributed by atoms with van der Waals surface area (Å²) in [7, 11) is 0. The average Bonchev–Trinajstić information content (AvgIpc) is 3.27. The molecule has 4 rings (SSSR count). The number of para-hydroxylation sites is 2. The molecule has 1 aliphatic carbocycles. The van der Waals surface area contributed by atoms with Crippen LogP contribution in [0.1, 0.15) is 84.5 Å². The first-order valence-electron chi connectivity index (χ1n) is 12.3. The molecule has 1 fully saturated rings. The zero-order valence-corrected chi connectivity index (χ0v) is 19.7. The largest absolute Gasteiger partial charge is 0.352 e. The lowest BCUT2D eigenvalue weighted by molar-refractivity contribution is 0.0950. The molecule has 0 radical (unpaired) electrons. The Morgan fingerprint density at radius 1 is 1.03 bits per heavy atom. The van der Waals surface area contributed by atoms with Crippen LogP contribution in [0.3, 0.4) is 0 Å². The molecule has 8 nitrogen and oxygen atoms in total. The summed E-state index contributed by atoms with van der Waals surface area (Å²) in [5, 5.41) is 5.66. The van der Waals surface area contributed by atoms with Gasteiger partial charge in [-0.05, 0) is 31.4 Å². The molecule has 34 heavy (non-hydrogen) atoms. The Morgan fingerprint density at radius 3 is 2.38 bits per heavy atom. The zero-order valence-electron chi connectivity index (χ0n) is 19.7. The van der Waals surface area contributed by atoms with E-state index < -0.39 is 17.2 Å². The zero-order chi connectivity index (χ0) is 23.9. The average molecular weight is 464 g/mol. The van der Waals surface area contributed by atoms with Crippen molar-refractivity contribution in [1.82, 2.24) is 25.2 Å². The lowest BCUT2D eigenvalue weighted by Gasteiger charge is -2.25. The van der Waals surface area contributed by atoms with E-state index in [0.29, 0.717) is 19.5 Å². The van der Waals surface area contributed by atoms with Crippen molar-refractivity contribution in [3.8, 4) is 0 Å². The highest BCUT2D eigenvalue weighted by atomic mass is 16.2. The van der Waals surface area contributed by atoms with Crippen LogP contribution in [0.4, 0.5) is 0 Å². The molecule has 0 unspecified atom stereocenters. The van der Waals surface area contributed by atoms with Gasteiger partial charge in [0.25, 0.3) is 11.8 Å². The molecule has 2 amide bonds. The molecule has 0 atom stereocenters. The number of H-pyrrole nitrogens is 1. The van der Waals surface area contributed by atoms with E-state index in [2.05, 4.69) is 20.6 Å². The fraction of sp³-hybridized carbons (Fsp3) is 0.462. The molecular formula is C26H33N5O3. The predicted octanol–water partition coefficient (Wildman–Crippen LogP) is 3.73. The van der Waals surface area contributed by atoms with Crippen molar-refractivity contribution >= 4 is 22.8 Å². The number of carbonyl (C=O) groups is 2. The van der Waals surface area contributed by atoms with Crippen molar-refractivity contribution in [3.63, 3.8) is 0 Å². The maximum absolute atomic E-state index is 13.1. The molecule has 8 heteroatoms. The maximum atomic E-state index is 13.1. The van der Waals surface area contributed by atoms with E-state index in [1.165, 1.54) is 6.42 Å². The van der Waals surface area contributed by atoms with Crippen LogP contribution >= 0.6 is 0 Å². The molecule has 1 aromatic carbocycles. The minimum atomic E-state index is -0.526. The minimum absolute atomic E-state index is 0.0123. The van der Waals surface area contributed by atoms with E-state index in [4.69, 9.17) is 0 Å². The second kappa shape index (κ2) is 11.1. The number of aromatic nitrogens is 3. The Morgan fingerprint density at radius 2 is 1.71 bits per heavy atom. The minimum Gasteiger partial charge on any atom is -0.352 e. The van der Waals surface area contributed by atoms with Crippen LogP contribution in [0.25, 0.3) is 11.0 Å². The summed E-state index contributed by atoms with van der Waals surface area (Å²) in [4.78, 5) is 46.7. The second-order valence-electron chi connectivity index (χ2n) is 8.97. The van der Waals surface area contributed by atoms with Gasteiger partial charge in [0.15, 0.2) is 0 Å². The lowest BCUT2D eigenvalue weighted by atomic mass is 9.95. The number of pyridine rings is 1. The number of rotatable bonds is 9. The summed E-state index contributed by atoms with van der Waals surface area (Å²) in [6.07, 6.45) is 10.9. The molecule has 0 aliphatic heterocycles. The molecule has 0 bridgehead atoms. The summed E-state index contributed by atoms with van der Waals surface area (Å²) in [5.74, 6) is -0.112. The first kappa shape index (κ1) is 23.7. The molecule has 180 valence electrons. The SMILES string of the molecule is CCCCNC(=O)c1cn(C2CCCCC2)cc(C(=O)NCCc2nc3ccccc3[nH]2)c1=O. The summed E-state index contributed by atoms with van der Waals surface area (Å²) in [6.45, 7) is 2.87. The van der Waals surface area contributed by atoms with E-state index >= 15 is 0 Å². The molecule has 2 aromatic heterocycles. The smallest absolute Gasteiger partial charge is 0.256 e.